The lowest BCUT2D eigenvalue weighted by Gasteiger charge is -2.23. The topological polar surface area (TPSA) is 96.5 Å². The Morgan fingerprint density at radius 3 is 2.54 bits per heavy atom. The van der Waals surface area contributed by atoms with Gasteiger partial charge in [-0.25, -0.2) is 4.79 Å². The molecule has 24 heavy (non-hydrogen) atoms. The van der Waals surface area contributed by atoms with E-state index in [9.17, 15) is 14.4 Å². The average molecular weight is 331 g/mol. The lowest BCUT2D eigenvalue weighted by molar-refractivity contribution is -0.144. The fourth-order valence-corrected chi connectivity index (χ4v) is 2.21. The van der Waals surface area contributed by atoms with E-state index in [1.165, 1.54) is 6.08 Å². The summed E-state index contributed by atoms with van der Waals surface area (Å²) in [5.41, 5.74) is 6.39. The number of anilines is 1. The number of esters is 1. The first kappa shape index (κ1) is 17.5. The highest BCUT2D eigenvalue weighted by Gasteiger charge is 2.20. The first-order valence-corrected chi connectivity index (χ1v) is 7.59. The summed E-state index contributed by atoms with van der Waals surface area (Å²) < 4.78 is 4.94. The van der Waals surface area contributed by atoms with Crippen LogP contribution in [0.4, 0.5) is 5.69 Å². The molecule has 1 aliphatic heterocycles. The number of hydrogen-bond acceptors (Lipinski definition) is 5. The van der Waals surface area contributed by atoms with Crippen molar-refractivity contribution in [1.82, 2.24) is 10.9 Å². The van der Waals surface area contributed by atoms with E-state index in [4.69, 9.17) is 4.74 Å². The summed E-state index contributed by atoms with van der Waals surface area (Å²) in [6.45, 7) is 5.73. The largest absolute Gasteiger partial charge is 0.451 e. The summed E-state index contributed by atoms with van der Waals surface area (Å²) in [6.07, 6.45) is 1.50. The second-order valence-electron chi connectivity index (χ2n) is 6.41. The fraction of sp³-hybridized carbons (Fsp3) is 0.353. The van der Waals surface area contributed by atoms with Gasteiger partial charge in [-0.15, -0.1) is 0 Å². The highest BCUT2D eigenvalue weighted by atomic mass is 16.5. The molecule has 0 saturated heterocycles. The highest BCUT2D eigenvalue weighted by Crippen LogP contribution is 2.29. The Kier molecular flexibility index (Phi) is 5.23. The van der Waals surface area contributed by atoms with Gasteiger partial charge in [0.2, 0.25) is 5.91 Å². The predicted molar refractivity (Wildman–Crippen MR) is 88.7 cm³/mol. The number of carbonyl (C=O) groups excluding carboxylic acids is 3. The third-order valence-electron chi connectivity index (χ3n) is 3.39. The lowest BCUT2D eigenvalue weighted by Crippen LogP contribution is -2.42. The summed E-state index contributed by atoms with van der Waals surface area (Å²) in [6, 6.07) is 7.49. The molecule has 0 bridgehead atoms. The molecule has 0 aliphatic carbocycles. The Balaban J connectivity index is 1.93. The molecule has 0 fully saturated rings. The molecule has 0 saturated carbocycles. The van der Waals surface area contributed by atoms with Crippen LogP contribution >= 0.6 is 0 Å². The molecule has 0 spiro atoms. The van der Waals surface area contributed by atoms with Crippen LogP contribution in [0.5, 0.6) is 0 Å². The number of para-hydroxylation sites is 1. The zero-order valence-corrected chi connectivity index (χ0v) is 13.9. The van der Waals surface area contributed by atoms with Gasteiger partial charge in [0.25, 0.3) is 5.91 Å². The molecule has 1 aromatic rings. The SMILES string of the molecule is CC(C)(C)c1ccccc1NC(=O)COC(=O)C1=CCC(=O)NN1. The number of nitrogens with one attached hydrogen (secondary N) is 3. The maximum absolute atomic E-state index is 12.0. The van der Waals surface area contributed by atoms with Crippen molar-refractivity contribution in [3.05, 3.63) is 41.6 Å². The van der Waals surface area contributed by atoms with E-state index in [1.807, 2.05) is 39.0 Å². The zero-order chi connectivity index (χ0) is 17.7. The summed E-state index contributed by atoms with van der Waals surface area (Å²) in [7, 11) is 0. The third kappa shape index (κ3) is 4.58. The second kappa shape index (κ2) is 7.16. The molecule has 3 N–H and O–H groups in total. The molecular weight excluding hydrogens is 310 g/mol. The van der Waals surface area contributed by atoms with Gasteiger partial charge in [-0.2, -0.15) is 0 Å². The Morgan fingerprint density at radius 1 is 1.21 bits per heavy atom. The van der Waals surface area contributed by atoms with E-state index in [2.05, 4.69) is 16.2 Å². The quantitative estimate of drug-likeness (QED) is 0.724. The van der Waals surface area contributed by atoms with Crippen molar-refractivity contribution in [3.8, 4) is 0 Å². The van der Waals surface area contributed by atoms with Gasteiger partial charge in [0.15, 0.2) is 6.61 Å². The number of ether oxygens (including phenoxy) is 1. The van der Waals surface area contributed by atoms with Crippen LogP contribution in [0.25, 0.3) is 0 Å². The van der Waals surface area contributed by atoms with Crippen molar-refractivity contribution in [2.45, 2.75) is 32.6 Å². The van der Waals surface area contributed by atoms with Crippen molar-refractivity contribution in [2.24, 2.45) is 0 Å². The summed E-state index contributed by atoms with van der Waals surface area (Å²) in [5.74, 6) is -1.38. The first-order valence-electron chi connectivity index (χ1n) is 7.59. The zero-order valence-electron chi connectivity index (χ0n) is 13.9. The van der Waals surface area contributed by atoms with Crippen molar-refractivity contribution in [1.29, 1.82) is 0 Å². The van der Waals surface area contributed by atoms with Crippen molar-refractivity contribution in [2.75, 3.05) is 11.9 Å². The van der Waals surface area contributed by atoms with Gasteiger partial charge in [0.05, 0.1) is 0 Å². The Bertz CT molecular complexity index is 689. The molecular formula is C17H21N3O4. The Hall–Kier alpha value is -2.83. The molecule has 2 amide bonds. The van der Waals surface area contributed by atoms with Crippen LogP contribution in [0.3, 0.4) is 0 Å². The van der Waals surface area contributed by atoms with Gasteiger partial charge in [0.1, 0.15) is 5.70 Å². The van der Waals surface area contributed by atoms with Crippen molar-refractivity contribution < 1.29 is 19.1 Å². The minimum atomic E-state index is -0.700. The molecule has 0 aromatic heterocycles. The van der Waals surface area contributed by atoms with Crippen LogP contribution in [0.15, 0.2) is 36.0 Å². The maximum Gasteiger partial charge on any atom is 0.356 e. The van der Waals surface area contributed by atoms with E-state index >= 15 is 0 Å². The van der Waals surface area contributed by atoms with E-state index in [0.717, 1.165) is 5.56 Å². The van der Waals surface area contributed by atoms with Gasteiger partial charge in [-0.3, -0.25) is 20.4 Å². The van der Waals surface area contributed by atoms with Gasteiger partial charge in [-0.05, 0) is 23.1 Å². The average Bonchev–Trinajstić information content (AvgIpc) is 2.53. The maximum atomic E-state index is 12.0. The lowest BCUT2D eigenvalue weighted by atomic mass is 9.86. The van der Waals surface area contributed by atoms with Crippen LogP contribution in [0, 0.1) is 0 Å². The van der Waals surface area contributed by atoms with E-state index in [0.29, 0.717) is 5.69 Å². The molecule has 1 aliphatic rings. The number of hydrogen-bond donors (Lipinski definition) is 3. The van der Waals surface area contributed by atoms with Crippen molar-refractivity contribution >= 4 is 23.5 Å². The Labute approximate surface area is 140 Å². The van der Waals surface area contributed by atoms with Crippen LogP contribution in [-0.2, 0) is 24.5 Å². The van der Waals surface area contributed by atoms with Gasteiger partial charge < -0.3 is 10.1 Å². The normalized spacial score (nSPS) is 14.1. The van der Waals surface area contributed by atoms with E-state index < -0.39 is 18.5 Å². The van der Waals surface area contributed by atoms with Gasteiger partial charge in [0, 0.05) is 12.1 Å². The van der Waals surface area contributed by atoms with Crippen LogP contribution in [0.1, 0.15) is 32.8 Å². The van der Waals surface area contributed by atoms with E-state index in [-0.39, 0.29) is 23.4 Å². The smallest absolute Gasteiger partial charge is 0.356 e. The molecule has 1 aromatic carbocycles. The monoisotopic (exact) mass is 331 g/mol. The molecule has 0 unspecified atom stereocenters. The Morgan fingerprint density at radius 2 is 1.92 bits per heavy atom. The standard InChI is InChI=1S/C17H21N3O4/c1-17(2,3)11-6-4-5-7-12(11)18-15(22)10-24-16(23)13-8-9-14(21)20-19-13/h4-8,19H,9-10H2,1-3H3,(H,18,22)(H,20,21). The number of benzene rings is 1. The summed E-state index contributed by atoms with van der Waals surface area (Å²) >= 11 is 0. The van der Waals surface area contributed by atoms with Crippen LogP contribution < -0.4 is 16.2 Å². The third-order valence-corrected chi connectivity index (χ3v) is 3.39. The fourth-order valence-electron chi connectivity index (χ4n) is 2.21. The second-order valence-corrected chi connectivity index (χ2v) is 6.41. The summed E-state index contributed by atoms with van der Waals surface area (Å²) in [4.78, 5) is 34.8. The molecule has 0 radical (unpaired) electrons. The predicted octanol–water partition coefficient (Wildman–Crippen LogP) is 1.37. The van der Waals surface area contributed by atoms with E-state index in [1.54, 1.807) is 6.07 Å². The molecule has 0 atom stereocenters. The minimum absolute atomic E-state index is 0.0859. The number of amides is 2. The van der Waals surface area contributed by atoms with Gasteiger partial charge >= 0.3 is 5.97 Å². The molecule has 7 nitrogen and oxygen atoms in total. The molecule has 7 heteroatoms. The number of hydrazine groups is 1. The molecule has 2 rings (SSSR count). The van der Waals surface area contributed by atoms with Crippen LogP contribution in [0.2, 0.25) is 0 Å². The van der Waals surface area contributed by atoms with Gasteiger partial charge in [-0.1, -0.05) is 39.0 Å². The molecule has 128 valence electrons. The summed E-state index contributed by atoms with van der Waals surface area (Å²) in [5, 5.41) is 2.76. The molecule has 1 heterocycles. The highest BCUT2D eigenvalue weighted by molar-refractivity contribution is 5.96. The first-order chi connectivity index (χ1) is 11.3. The van der Waals surface area contributed by atoms with Crippen molar-refractivity contribution in [3.63, 3.8) is 0 Å². The van der Waals surface area contributed by atoms with Crippen LogP contribution in [-0.4, -0.2) is 24.4 Å². The minimum Gasteiger partial charge on any atom is -0.451 e. The number of carbonyl (C=O) groups is 3. The number of rotatable bonds is 4.